The molecule has 2 bridgehead atoms. The number of nitrogens with zero attached hydrogens (tertiary/aromatic N) is 3. The summed E-state index contributed by atoms with van der Waals surface area (Å²) in [5.41, 5.74) is -8.31. The van der Waals surface area contributed by atoms with Gasteiger partial charge in [0.15, 0.2) is 5.54 Å². The number of nitrogens with one attached hydrogen (secondary N) is 1. The van der Waals surface area contributed by atoms with E-state index in [2.05, 4.69) is 15.5 Å². The van der Waals surface area contributed by atoms with E-state index in [1.165, 1.54) is 33.8 Å². The number of aromatic nitrogens is 3. The second kappa shape index (κ2) is 11.0. The van der Waals surface area contributed by atoms with E-state index < -0.39 is 94.8 Å². The van der Waals surface area contributed by atoms with Gasteiger partial charge in [0.25, 0.3) is 17.3 Å². The Bertz CT molecular complexity index is 1660. The SMILES string of the molecule is CC(C)(C)OC(=O)Nc1cc(C(F)(F)F)c2[n+]3c1-c1nnc(o1)C(OCc1ccccc1)(C(F)(F)F)C/C=C/CC3(C)CC2=O. The number of benzene rings is 1. The smallest absolute Gasteiger partial charge is 0.426 e. The van der Waals surface area contributed by atoms with Crippen molar-refractivity contribution >= 4 is 17.6 Å². The minimum absolute atomic E-state index is 0.164. The molecule has 2 aromatic heterocycles. The van der Waals surface area contributed by atoms with Crippen LogP contribution in [0.3, 0.4) is 0 Å². The maximum absolute atomic E-state index is 15.0. The molecule has 3 aromatic rings. The fraction of sp³-hybridized carbons (Fsp3) is 0.433. The van der Waals surface area contributed by atoms with Gasteiger partial charge in [-0.1, -0.05) is 42.5 Å². The molecule has 15 heteroatoms. The van der Waals surface area contributed by atoms with Gasteiger partial charge in [-0.05, 0) is 32.4 Å². The largest absolute Gasteiger partial charge is 0.444 e. The van der Waals surface area contributed by atoms with Gasteiger partial charge in [0.05, 0.1) is 13.0 Å². The number of fused-ring (bicyclic) bond motifs is 3. The first-order valence-corrected chi connectivity index (χ1v) is 13.8. The van der Waals surface area contributed by atoms with Crippen molar-refractivity contribution in [2.24, 2.45) is 0 Å². The lowest BCUT2D eigenvalue weighted by molar-refractivity contribution is -0.744. The summed E-state index contributed by atoms with van der Waals surface area (Å²) in [7, 11) is 0. The summed E-state index contributed by atoms with van der Waals surface area (Å²) in [5, 5.41) is 9.72. The van der Waals surface area contributed by atoms with Crippen molar-refractivity contribution in [3.8, 4) is 11.6 Å². The van der Waals surface area contributed by atoms with Crippen molar-refractivity contribution in [2.75, 3.05) is 5.32 Å². The van der Waals surface area contributed by atoms with Crippen LogP contribution in [-0.2, 0) is 33.4 Å². The fourth-order valence-corrected chi connectivity index (χ4v) is 5.43. The second-order valence-corrected chi connectivity index (χ2v) is 12.1. The maximum Gasteiger partial charge on any atom is 0.426 e. The van der Waals surface area contributed by atoms with Gasteiger partial charge in [-0.2, -0.15) is 30.9 Å². The number of ether oxygens (including phenoxy) is 2. The molecule has 1 aromatic carbocycles. The highest BCUT2D eigenvalue weighted by Crippen LogP contribution is 2.48. The number of anilines is 1. The van der Waals surface area contributed by atoms with E-state index in [1.54, 1.807) is 30.3 Å². The zero-order valence-electron chi connectivity index (χ0n) is 24.6. The molecule has 2 unspecified atom stereocenters. The molecule has 0 radical (unpaired) electrons. The van der Waals surface area contributed by atoms with E-state index in [0.29, 0.717) is 11.6 Å². The molecule has 0 aliphatic carbocycles. The van der Waals surface area contributed by atoms with E-state index >= 15 is 0 Å². The van der Waals surface area contributed by atoms with Gasteiger partial charge in [0.2, 0.25) is 11.4 Å². The minimum Gasteiger partial charge on any atom is -0.444 e. The van der Waals surface area contributed by atoms with Crippen molar-refractivity contribution in [3.63, 3.8) is 0 Å². The molecule has 0 fully saturated rings. The Labute approximate surface area is 253 Å². The first-order chi connectivity index (χ1) is 20.8. The number of rotatable bonds is 4. The predicted molar refractivity (Wildman–Crippen MR) is 145 cm³/mol. The van der Waals surface area contributed by atoms with Crippen molar-refractivity contribution in [1.29, 1.82) is 0 Å². The first kappa shape index (κ1) is 32.1. The zero-order chi connectivity index (χ0) is 33.0. The average Bonchev–Trinajstić information content (AvgIpc) is 3.49. The fourth-order valence-electron chi connectivity index (χ4n) is 5.43. The summed E-state index contributed by atoms with van der Waals surface area (Å²) in [4.78, 5) is 26.0. The molecule has 5 rings (SSSR count). The Morgan fingerprint density at radius 2 is 1.69 bits per heavy atom. The van der Waals surface area contributed by atoms with Crippen LogP contribution < -0.4 is 9.88 Å². The molecule has 45 heavy (non-hydrogen) atoms. The van der Waals surface area contributed by atoms with Gasteiger partial charge in [-0.25, -0.2) is 4.79 Å². The van der Waals surface area contributed by atoms with Crippen LogP contribution in [0.5, 0.6) is 0 Å². The van der Waals surface area contributed by atoms with Crippen LogP contribution in [-0.4, -0.2) is 33.9 Å². The molecular weight excluding hydrogens is 610 g/mol. The summed E-state index contributed by atoms with van der Waals surface area (Å²) in [6.07, 6.45) is -10.2. The highest BCUT2D eigenvalue weighted by molar-refractivity contribution is 5.98. The number of Topliss-reactive ketones (excluding diaryl/α,β-unsaturated/α-hetero) is 1. The number of alkyl halides is 6. The molecule has 9 nitrogen and oxygen atoms in total. The number of hydrogen-bond acceptors (Lipinski definition) is 7. The number of hydrogen-bond donors (Lipinski definition) is 1. The number of allylic oxidation sites excluding steroid dienone is 1. The standard InChI is InChI=1S/C30H28F6N4O5/c1-26(2,3)45-25(42)37-19-14-18(29(31,32)33)21-20(41)15-27(4)12-8-9-13-28(30(34,35)36,43-16-17-10-6-5-7-11-17)24-39-38-23(44-24)22(19)40(21)27/h5-11,14H,12-13,15-16H2,1-4H3/p+1/b9-8+. The Morgan fingerprint density at radius 1 is 1.02 bits per heavy atom. The summed E-state index contributed by atoms with van der Waals surface area (Å²) < 4.78 is 105. The van der Waals surface area contributed by atoms with E-state index in [4.69, 9.17) is 13.9 Å². The average molecular weight is 640 g/mol. The Kier molecular flexibility index (Phi) is 7.83. The number of amides is 1. The molecule has 2 aliphatic rings. The Morgan fingerprint density at radius 3 is 2.31 bits per heavy atom. The van der Waals surface area contributed by atoms with E-state index in [0.717, 1.165) is 10.6 Å². The van der Waals surface area contributed by atoms with E-state index in [9.17, 15) is 35.9 Å². The van der Waals surface area contributed by atoms with Crippen molar-refractivity contribution in [3.05, 3.63) is 71.3 Å². The Balaban J connectivity index is 1.77. The number of pyridine rings is 1. The van der Waals surface area contributed by atoms with Crippen LogP contribution in [0, 0.1) is 0 Å². The lowest BCUT2D eigenvalue weighted by atomic mass is 9.92. The minimum atomic E-state index is -5.10. The number of ketones is 1. The van der Waals surface area contributed by atoms with Crippen LogP contribution in [0.15, 0.2) is 53.0 Å². The van der Waals surface area contributed by atoms with Crippen molar-refractivity contribution < 1.29 is 54.4 Å². The van der Waals surface area contributed by atoms with Crippen LogP contribution >= 0.6 is 0 Å². The third kappa shape index (κ3) is 6.04. The predicted octanol–water partition coefficient (Wildman–Crippen LogP) is 7.02. The van der Waals surface area contributed by atoms with Gasteiger partial charge in [0.1, 0.15) is 16.9 Å². The van der Waals surface area contributed by atoms with Crippen molar-refractivity contribution in [1.82, 2.24) is 10.2 Å². The molecule has 1 amide bonds. The summed E-state index contributed by atoms with van der Waals surface area (Å²) in [6.45, 7) is 5.57. The van der Waals surface area contributed by atoms with E-state index in [-0.39, 0.29) is 6.42 Å². The quantitative estimate of drug-likeness (QED) is 0.186. The molecule has 2 aliphatic heterocycles. The highest BCUT2D eigenvalue weighted by atomic mass is 19.4. The summed E-state index contributed by atoms with van der Waals surface area (Å²) in [5.74, 6) is -2.56. The third-order valence-electron chi connectivity index (χ3n) is 7.42. The van der Waals surface area contributed by atoms with Crippen LogP contribution in [0.4, 0.5) is 36.8 Å². The van der Waals surface area contributed by atoms with Crippen LogP contribution in [0.2, 0.25) is 0 Å². The lowest BCUT2D eigenvalue weighted by Gasteiger charge is -2.31. The van der Waals surface area contributed by atoms with Gasteiger partial charge >= 0.3 is 24.3 Å². The van der Waals surface area contributed by atoms with E-state index in [1.807, 2.05) is 0 Å². The second-order valence-electron chi connectivity index (χ2n) is 12.1. The van der Waals surface area contributed by atoms with Gasteiger partial charge in [-0.3, -0.25) is 10.1 Å². The highest BCUT2D eigenvalue weighted by Gasteiger charge is 2.62. The number of halogens is 6. The summed E-state index contributed by atoms with van der Waals surface area (Å²) >= 11 is 0. The van der Waals surface area contributed by atoms with Crippen LogP contribution in [0.1, 0.15) is 74.5 Å². The topological polar surface area (TPSA) is 107 Å². The first-order valence-electron chi connectivity index (χ1n) is 13.8. The molecule has 240 valence electrons. The molecule has 0 spiro atoms. The van der Waals surface area contributed by atoms with Gasteiger partial charge < -0.3 is 13.9 Å². The monoisotopic (exact) mass is 639 g/mol. The number of carbonyl (C=O) groups is 2. The molecular formula is C30H29F6N4O5+. The third-order valence-corrected chi connectivity index (χ3v) is 7.42. The normalized spacial score (nSPS) is 22.4. The molecule has 2 atom stereocenters. The molecule has 0 saturated carbocycles. The lowest BCUT2D eigenvalue weighted by Crippen LogP contribution is -2.54. The summed E-state index contributed by atoms with van der Waals surface area (Å²) in [6, 6.07) is 8.59. The van der Waals surface area contributed by atoms with Crippen LogP contribution in [0.25, 0.3) is 11.6 Å². The van der Waals surface area contributed by atoms with Gasteiger partial charge in [0, 0.05) is 19.8 Å². The molecule has 4 heterocycles. The van der Waals surface area contributed by atoms with Crippen molar-refractivity contribution in [2.45, 2.75) is 82.7 Å². The zero-order valence-corrected chi connectivity index (χ0v) is 24.6. The van der Waals surface area contributed by atoms with Gasteiger partial charge in [-0.15, -0.1) is 10.2 Å². The number of carbonyl (C=O) groups excluding carboxylic acids is 2. The molecule has 1 N–H and O–H groups in total. The maximum atomic E-state index is 15.0. The molecule has 0 saturated heterocycles. The Hall–Kier alpha value is -4.27.